The normalized spacial score (nSPS) is 23.6. The summed E-state index contributed by atoms with van der Waals surface area (Å²) >= 11 is 6.31. The lowest BCUT2D eigenvalue weighted by Gasteiger charge is -2.28. The average Bonchev–Trinajstić information content (AvgIpc) is 2.36. The van der Waals surface area contributed by atoms with Gasteiger partial charge in [0.05, 0.1) is 5.38 Å². The molecule has 0 aliphatic heterocycles. The maximum absolute atomic E-state index is 12.3. The van der Waals surface area contributed by atoms with Gasteiger partial charge in [0, 0.05) is 25.0 Å². The molecule has 0 spiro atoms. The summed E-state index contributed by atoms with van der Waals surface area (Å²) in [5.74, 6) is 0.865. The Hall–Kier alpha value is -1.03. The summed E-state index contributed by atoms with van der Waals surface area (Å²) in [4.78, 5) is 16.5. The molecule has 4 nitrogen and oxygen atoms in total. The van der Waals surface area contributed by atoms with Crippen LogP contribution in [0.15, 0.2) is 17.2 Å². The van der Waals surface area contributed by atoms with E-state index < -0.39 is 0 Å². The van der Waals surface area contributed by atoms with E-state index in [1.807, 2.05) is 0 Å². The second-order valence-electron chi connectivity index (χ2n) is 5.68. The van der Waals surface area contributed by atoms with Crippen molar-refractivity contribution in [2.45, 2.75) is 57.5 Å². The first-order valence-corrected chi connectivity index (χ1v) is 7.47. The highest BCUT2D eigenvalue weighted by molar-refractivity contribution is 6.21. The van der Waals surface area contributed by atoms with Crippen molar-refractivity contribution >= 4 is 17.4 Å². The molecule has 2 atom stereocenters. The van der Waals surface area contributed by atoms with Gasteiger partial charge in [0.25, 0.3) is 5.56 Å². The van der Waals surface area contributed by atoms with Crippen LogP contribution in [-0.4, -0.2) is 21.0 Å². The zero-order chi connectivity index (χ0) is 13.8. The van der Waals surface area contributed by atoms with Crippen LogP contribution in [0.2, 0.25) is 0 Å². The number of hydrogen-bond donors (Lipinski definition) is 1. The summed E-state index contributed by atoms with van der Waals surface area (Å²) in [6.07, 6.45) is 7.77. The van der Waals surface area contributed by atoms with E-state index >= 15 is 0 Å². The molecule has 0 saturated heterocycles. The zero-order valence-corrected chi connectivity index (χ0v) is 12.4. The average molecular weight is 284 g/mol. The molecule has 1 aliphatic rings. The molecule has 1 saturated carbocycles. The van der Waals surface area contributed by atoms with Crippen LogP contribution in [0.5, 0.6) is 0 Å². The lowest BCUT2D eigenvalue weighted by Crippen LogP contribution is -2.36. The second-order valence-corrected chi connectivity index (χ2v) is 6.24. The topological polar surface area (TPSA) is 46.9 Å². The first-order chi connectivity index (χ1) is 9.08. The third-order valence-electron chi connectivity index (χ3n) is 3.48. The summed E-state index contributed by atoms with van der Waals surface area (Å²) in [7, 11) is 0. The molecule has 106 valence electrons. The predicted molar refractivity (Wildman–Crippen MR) is 78.9 cm³/mol. The molecule has 1 fully saturated rings. The molecule has 0 amide bonds. The Labute approximate surface area is 119 Å². The molecule has 1 N–H and O–H groups in total. The number of halogens is 1. The molecule has 1 aliphatic carbocycles. The Morgan fingerprint density at radius 2 is 2.21 bits per heavy atom. The van der Waals surface area contributed by atoms with Gasteiger partial charge in [-0.3, -0.25) is 4.79 Å². The van der Waals surface area contributed by atoms with Gasteiger partial charge >= 0.3 is 0 Å². The van der Waals surface area contributed by atoms with Crippen LogP contribution in [0.25, 0.3) is 0 Å². The standard InChI is InChI=1S/C14H22ClN3O/c1-10(2)9-18-8-7-16-13(14(18)19)17-12-6-4-3-5-11(12)15/h7-8,10-12H,3-6,9H2,1-2H3,(H,16,17). The monoisotopic (exact) mass is 283 g/mol. The molecule has 2 rings (SSSR count). The van der Waals surface area contributed by atoms with Gasteiger partial charge in [0.1, 0.15) is 0 Å². The van der Waals surface area contributed by atoms with Gasteiger partial charge < -0.3 is 9.88 Å². The summed E-state index contributed by atoms with van der Waals surface area (Å²) in [6.45, 7) is 4.90. The maximum Gasteiger partial charge on any atom is 0.293 e. The number of nitrogens with zero attached hydrogens (tertiary/aromatic N) is 2. The van der Waals surface area contributed by atoms with Crippen molar-refractivity contribution in [2.24, 2.45) is 5.92 Å². The maximum atomic E-state index is 12.3. The minimum atomic E-state index is -0.0503. The molecule has 2 unspecified atom stereocenters. The van der Waals surface area contributed by atoms with Crippen LogP contribution < -0.4 is 10.9 Å². The molecule has 19 heavy (non-hydrogen) atoms. The fraction of sp³-hybridized carbons (Fsp3) is 0.714. The molecule has 0 aromatic carbocycles. The first kappa shape index (κ1) is 14.4. The number of anilines is 1. The zero-order valence-electron chi connectivity index (χ0n) is 11.6. The molecular formula is C14H22ClN3O. The van der Waals surface area contributed by atoms with Gasteiger partial charge in [-0.2, -0.15) is 0 Å². The number of nitrogens with one attached hydrogen (secondary N) is 1. The minimum Gasteiger partial charge on any atom is -0.361 e. The van der Waals surface area contributed by atoms with E-state index in [9.17, 15) is 4.79 Å². The van der Waals surface area contributed by atoms with E-state index in [1.54, 1.807) is 17.0 Å². The first-order valence-electron chi connectivity index (χ1n) is 7.04. The van der Waals surface area contributed by atoms with Crippen LogP contribution in [-0.2, 0) is 6.54 Å². The van der Waals surface area contributed by atoms with E-state index in [2.05, 4.69) is 24.1 Å². The van der Waals surface area contributed by atoms with Crippen molar-refractivity contribution in [3.8, 4) is 0 Å². The van der Waals surface area contributed by atoms with E-state index in [0.29, 0.717) is 18.3 Å². The van der Waals surface area contributed by atoms with Gasteiger partial charge in [0.2, 0.25) is 0 Å². The SMILES string of the molecule is CC(C)Cn1ccnc(NC2CCCCC2Cl)c1=O. The van der Waals surface area contributed by atoms with Gasteiger partial charge in [-0.1, -0.05) is 26.7 Å². The smallest absolute Gasteiger partial charge is 0.293 e. The van der Waals surface area contributed by atoms with Crippen LogP contribution >= 0.6 is 11.6 Å². The Bertz CT molecular complexity index is 472. The molecule has 1 aromatic heterocycles. The highest BCUT2D eigenvalue weighted by Crippen LogP contribution is 2.24. The van der Waals surface area contributed by atoms with E-state index in [-0.39, 0.29) is 17.0 Å². The molecule has 1 aromatic rings. The van der Waals surface area contributed by atoms with E-state index in [1.165, 1.54) is 6.42 Å². The quantitative estimate of drug-likeness (QED) is 0.865. The number of aromatic nitrogens is 2. The number of rotatable bonds is 4. The van der Waals surface area contributed by atoms with Crippen molar-refractivity contribution in [1.29, 1.82) is 0 Å². The van der Waals surface area contributed by atoms with Gasteiger partial charge in [-0.05, 0) is 18.8 Å². The molecule has 5 heteroatoms. The van der Waals surface area contributed by atoms with Gasteiger partial charge in [0.15, 0.2) is 5.82 Å². The van der Waals surface area contributed by atoms with Crippen molar-refractivity contribution in [3.05, 3.63) is 22.7 Å². The molecule has 0 radical (unpaired) electrons. The van der Waals surface area contributed by atoms with Crippen molar-refractivity contribution in [2.75, 3.05) is 5.32 Å². The van der Waals surface area contributed by atoms with E-state index in [0.717, 1.165) is 19.3 Å². The Morgan fingerprint density at radius 1 is 1.47 bits per heavy atom. The van der Waals surface area contributed by atoms with Gasteiger partial charge in [-0.25, -0.2) is 4.98 Å². The summed E-state index contributed by atoms with van der Waals surface area (Å²) in [5, 5.41) is 3.33. The highest BCUT2D eigenvalue weighted by atomic mass is 35.5. The van der Waals surface area contributed by atoms with Crippen molar-refractivity contribution < 1.29 is 0 Å². The molecular weight excluding hydrogens is 262 g/mol. The fourth-order valence-electron chi connectivity index (χ4n) is 2.51. The number of alkyl halides is 1. The predicted octanol–water partition coefficient (Wildman–Crippen LogP) is 2.86. The second kappa shape index (κ2) is 6.42. The molecule has 0 bridgehead atoms. The van der Waals surface area contributed by atoms with Crippen LogP contribution in [0, 0.1) is 5.92 Å². The highest BCUT2D eigenvalue weighted by Gasteiger charge is 2.24. The third-order valence-corrected chi connectivity index (χ3v) is 4.00. The fourth-order valence-corrected chi connectivity index (χ4v) is 2.85. The lowest BCUT2D eigenvalue weighted by atomic mass is 9.95. The Kier molecular flexibility index (Phi) is 4.86. The third kappa shape index (κ3) is 3.72. The largest absolute Gasteiger partial charge is 0.361 e. The van der Waals surface area contributed by atoms with Crippen LogP contribution in [0.4, 0.5) is 5.82 Å². The summed E-state index contributed by atoms with van der Waals surface area (Å²) in [5.41, 5.74) is -0.0503. The van der Waals surface area contributed by atoms with Crippen molar-refractivity contribution in [3.63, 3.8) is 0 Å². The van der Waals surface area contributed by atoms with Crippen molar-refractivity contribution in [1.82, 2.24) is 9.55 Å². The van der Waals surface area contributed by atoms with Gasteiger partial charge in [-0.15, -0.1) is 11.6 Å². The Balaban J connectivity index is 2.14. The van der Waals surface area contributed by atoms with E-state index in [4.69, 9.17) is 11.6 Å². The summed E-state index contributed by atoms with van der Waals surface area (Å²) in [6, 6.07) is 0.158. The minimum absolute atomic E-state index is 0.0503. The molecule has 1 heterocycles. The lowest BCUT2D eigenvalue weighted by molar-refractivity contribution is 0.466. The number of hydrogen-bond acceptors (Lipinski definition) is 3. The summed E-state index contributed by atoms with van der Waals surface area (Å²) < 4.78 is 1.71. The van der Waals surface area contributed by atoms with Crippen LogP contribution in [0.3, 0.4) is 0 Å². The Morgan fingerprint density at radius 3 is 2.89 bits per heavy atom. The van der Waals surface area contributed by atoms with Crippen LogP contribution in [0.1, 0.15) is 39.5 Å².